The minimum Gasteiger partial charge on any atom is -0.387 e. The van der Waals surface area contributed by atoms with E-state index in [1.165, 1.54) is 17.7 Å². The van der Waals surface area contributed by atoms with Gasteiger partial charge in [-0.2, -0.15) is 0 Å². The van der Waals surface area contributed by atoms with Gasteiger partial charge in [-0.15, -0.1) is 0 Å². The number of hydrogen-bond acceptors (Lipinski definition) is 5. The number of nitrogens with two attached hydrogens (primary N) is 1. The van der Waals surface area contributed by atoms with Crippen molar-refractivity contribution in [3.63, 3.8) is 0 Å². The molecule has 0 radical (unpaired) electrons. The summed E-state index contributed by atoms with van der Waals surface area (Å²) in [5, 5.41) is 3.20. The number of nitrogens with zero attached hydrogens (tertiary/aromatic N) is 2. The maximum Gasteiger partial charge on any atom is 0.168 e. The van der Waals surface area contributed by atoms with Gasteiger partial charge in [0.2, 0.25) is 0 Å². The minimum atomic E-state index is -0.657. The number of anilines is 1. The summed E-state index contributed by atoms with van der Waals surface area (Å²) < 4.78 is 29.5. The van der Waals surface area contributed by atoms with Crippen LogP contribution in [0.1, 0.15) is 46.8 Å². The van der Waals surface area contributed by atoms with E-state index in [1.807, 2.05) is 19.3 Å². The van der Waals surface area contributed by atoms with Crippen molar-refractivity contribution >= 4 is 12.0 Å². The normalized spacial score (nSPS) is 20.7. The second-order valence-electron chi connectivity index (χ2n) is 8.41. The fourth-order valence-electron chi connectivity index (χ4n) is 4.89. The summed E-state index contributed by atoms with van der Waals surface area (Å²) in [5.41, 5.74) is 9.28. The fraction of sp³-hybridized carbons (Fsp3) is 0.320. The summed E-state index contributed by atoms with van der Waals surface area (Å²) in [6, 6.07) is 9.18. The van der Waals surface area contributed by atoms with Crippen LogP contribution in [0.5, 0.6) is 0 Å². The Bertz CT molecular complexity index is 1120. The van der Waals surface area contributed by atoms with E-state index >= 15 is 0 Å². The molecule has 0 bridgehead atoms. The molecule has 0 aliphatic heterocycles. The molecule has 3 atom stereocenters. The second-order valence-corrected chi connectivity index (χ2v) is 8.41. The van der Waals surface area contributed by atoms with Crippen molar-refractivity contribution in [1.82, 2.24) is 9.97 Å². The number of halogens is 2. The number of rotatable bonds is 6. The summed E-state index contributed by atoms with van der Waals surface area (Å²) in [7, 11) is 1.87. The number of carbonyl (C=O) groups is 1. The Hall–Kier alpha value is -3.19. The third-order valence-corrected chi connectivity index (χ3v) is 6.24. The zero-order valence-electron chi connectivity index (χ0n) is 17.9. The number of aromatic nitrogens is 2. The highest BCUT2D eigenvalue weighted by Crippen LogP contribution is 2.41. The van der Waals surface area contributed by atoms with Crippen molar-refractivity contribution in [2.45, 2.75) is 37.6 Å². The first-order chi connectivity index (χ1) is 15.5. The van der Waals surface area contributed by atoms with Crippen LogP contribution in [0.2, 0.25) is 0 Å². The van der Waals surface area contributed by atoms with Crippen LogP contribution in [0.4, 0.5) is 14.5 Å². The summed E-state index contributed by atoms with van der Waals surface area (Å²) in [6.07, 6.45) is 7.21. The van der Waals surface area contributed by atoms with Crippen LogP contribution in [0.25, 0.3) is 11.3 Å². The first-order valence-corrected chi connectivity index (χ1v) is 10.8. The lowest BCUT2D eigenvalue weighted by Gasteiger charge is -2.34. The maximum absolute atomic E-state index is 14.9. The Morgan fingerprint density at radius 2 is 1.97 bits per heavy atom. The highest BCUT2D eigenvalue weighted by molar-refractivity contribution is 5.75. The van der Waals surface area contributed by atoms with Gasteiger partial charge in [0.05, 0.1) is 11.9 Å². The molecule has 2 unspecified atom stereocenters. The molecule has 1 aromatic carbocycles. The van der Waals surface area contributed by atoms with Gasteiger partial charge in [0.15, 0.2) is 6.29 Å². The van der Waals surface area contributed by atoms with Gasteiger partial charge in [-0.3, -0.25) is 9.78 Å². The zero-order chi connectivity index (χ0) is 22.7. The summed E-state index contributed by atoms with van der Waals surface area (Å²) in [5.74, 6) is -0.769. The van der Waals surface area contributed by atoms with E-state index in [2.05, 4.69) is 15.3 Å². The molecule has 166 valence electrons. The number of hydrogen-bond donors (Lipinski definition) is 2. The van der Waals surface area contributed by atoms with Crippen LogP contribution in [0, 0.1) is 17.6 Å². The maximum atomic E-state index is 14.9. The van der Waals surface area contributed by atoms with Crippen LogP contribution in [-0.2, 0) is 6.42 Å². The lowest BCUT2D eigenvalue weighted by Crippen LogP contribution is -2.33. The number of carbonyl (C=O) groups excluding carboxylic acids is 1. The van der Waals surface area contributed by atoms with Gasteiger partial charge in [-0.05, 0) is 72.9 Å². The summed E-state index contributed by atoms with van der Waals surface area (Å²) in [4.78, 5) is 19.4. The molecule has 4 rings (SSSR count). The van der Waals surface area contributed by atoms with E-state index in [0.717, 1.165) is 31.0 Å². The van der Waals surface area contributed by atoms with Crippen molar-refractivity contribution < 1.29 is 13.6 Å². The third-order valence-electron chi connectivity index (χ3n) is 6.24. The lowest BCUT2D eigenvalue weighted by molar-refractivity contribution is 0.111. The Balaban J connectivity index is 1.66. The van der Waals surface area contributed by atoms with E-state index in [-0.39, 0.29) is 34.8 Å². The fourth-order valence-corrected chi connectivity index (χ4v) is 4.89. The molecule has 0 amide bonds. The Labute approximate surface area is 186 Å². The van der Waals surface area contributed by atoms with E-state index in [9.17, 15) is 13.6 Å². The lowest BCUT2D eigenvalue weighted by atomic mass is 9.73. The molecule has 0 spiro atoms. The van der Waals surface area contributed by atoms with Gasteiger partial charge in [0, 0.05) is 24.8 Å². The van der Waals surface area contributed by atoms with Crippen molar-refractivity contribution in [1.29, 1.82) is 0 Å². The average molecular weight is 437 g/mol. The summed E-state index contributed by atoms with van der Waals surface area (Å²) >= 11 is 0. The Kier molecular flexibility index (Phi) is 6.55. The van der Waals surface area contributed by atoms with Gasteiger partial charge in [-0.1, -0.05) is 12.1 Å². The molecule has 1 aliphatic carbocycles. The monoisotopic (exact) mass is 436 g/mol. The quantitative estimate of drug-likeness (QED) is 0.546. The van der Waals surface area contributed by atoms with Crippen LogP contribution >= 0.6 is 0 Å². The standard InChI is InChI=1S/C25H26F2N4O/c1-29-23-13-30-8-7-20(23)17-10-15(11-18(28)12-17)9-16-3-2-4-21(26)24(16)25-22(27)6-5-19(14-32)31-25/h2-8,13-15,17-18,29H,9-12,28H2,1H3/t15-,17?,18?/m0/s1. The molecule has 1 saturated carbocycles. The van der Waals surface area contributed by atoms with Crippen LogP contribution < -0.4 is 11.1 Å². The predicted molar refractivity (Wildman–Crippen MR) is 121 cm³/mol. The number of benzene rings is 1. The SMILES string of the molecule is CNc1cnccc1C1CC(N)C[C@@H](Cc2cccc(F)c2-c2nc(C=O)ccc2F)C1. The van der Waals surface area contributed by atoms with E-state index < -0.39 is 11.6 Å². The summed E-state index contributed by atoms with van der Waals surface area (Å²) in [6.45, 7) is 0. The molecular weight excluding hydrogens is 410 g/mol. The molecule has 0 saturated heterocycles. The van der Waals surface area contributed by atoms with Crippen molar-refractivity contribution in [3.05, 3.63) is 77.2 Å². The number of aldehydes is 1. The van der Waals surface area contributed by atoms with Gasteiger partial charge < -0.3 is 11.1 Å². The van der Waals surface area contributed by atoms with Gasteiger partial charge >= 0.3 is 0 Å². The smallest absolute Gasteiger partial charge is 0.168 e. The minimum absolute atomic E-state index is 0.0156. The average Bonchev–Trinajstić information content (AvgIpc) is 2.79. The first-order valence-electron chi connectivity index (χ1n) is 10.8. The molecular formula is C25H26F2N4O. The highest BCUT2D eigenvalue weighted by atomic mass is 19.1. The molecule has 5 nitrogen and oxygen atoms in total. The molecule has 2 heterocycles. The topological polar surface area (TPSA) is 80.9 Å². The van der Waals surface area contributed by atoms with E-state index in [0.29, 0.717) is 18.3 Å². The predicted octanol–water partition coefficient (Wildman–Crippen LogP) is 4.73. The van der Waals surface area contributed by atoms with Crippen molar-refractivity contribution in [2.24, 2.45) is 11.7 Å². The number of pyridine rings is 2. The van der Waals surface area contributed by atoms with Crippen molar-refractivity contribution in [2.75, 3.05) is 12.4 Å². The molecule has 7 heteroatoms. The van der Waals surface area contributed by atoms with Crippen LogP contribution in [0.15, 0.2) is 48.8 Å². The van der Waals surface area contributed by atoms with Crippen LogP contribution in [-0.4, -0.2) is 29.3 Å². The highest BCUT2D eigenvalue weighted by Gasteiger charge is 2.30. The van der Waals surface area contributed by atoms with Gasteiger partial charge in [0.25, 0.3) is 0 Å². The molecule has 1 aliphatic rings. The molecule has 2 aromatic heterocycles. The van der Waals surface area contributed by atoms with Gasteiger partial charge in [-0.25, -0.2) is 13.8 Å². The Morgan fingerprint density at radius 1 is 1.12 bits per heavy atom. The molecule has 32 heavy (non-hydrogen) atoms. The molecule has 3 aromatic rings. The van der Waals surface area contributed by atoms with E-state index in [1.54, 1.807) is 18.3 Å². The van der Waals surface area contributed by atoms with E-state index in [4.69, 9.17) is 5.73 Å². The van der Waals surface area contributed by atoms with Crippen molar-refractivity contribution in [3.8, 4) is 11.3 Å². The third kappa shape index (κ3) is 4.53. The second kappa shape index (κ2) is 9.53. The largest absolute Gasteiger partial charge is 0.387 e. The zero-order valence-corrected chi connectivity index (χ0v) is 17.9. The van der Waals surface area contributed by atoms with Crippen LogP contribution in [0.3, 0.4) is 0 Å². The Morgan fingerprint density at radius 3 is 2.75 bits per heavy atom. The number of nitrogens with one attached hydrogen (secondary N) is 1. The molecule has 3 N–H and O–H groups in total. The first kappa shape index (κ1) is 22.0. The van der Waals surface area contributed by atoms with Gasteiger partial charge in [0.1, 0.15) is 23.0 Å². The molecule has 1 fully saturated rings.